The fourth-order valence-corrected chi connectivity index (χ4v) is 1.47. The van der Waals surface area contributed by atoms with Gasteiger partial charge in [0.05, 0.1) is 6.61 Å². The summed E-state index contributed by atoms with van der Waals surface area (Å²) in [7, 11) is 0. The van der Waals surface area contributed by atoms with E-state index in [9.17, 15) is 9.59 Å². The number of rotatable bonds is 5. The van der Waals surface area contributed by atoms with Crippen molar-refractivity contribution >= 4 is 5.97 Å². The molecule has 1 aromatic rings. The van der Waals surface area contributed by atoms with Crippen LogP contribution in [0.25, 0.3) is 0 Å². The second-order valence-electron chi connectivity index (χ2n) is 3.98. The molecule has 1 heterocycles. The summed E-state index contributed by atoms with van der Waals surface area (Å²) >= 11 is 0. The molecular formula is C12H18N2O3. The van der Waals surface area contributed by atoms with Gasteiger partial charge >= 0.3 is 11.7 Å². The zero-order valence-electron chi connectivity index (χ0n) is 10.5. The Morgan fingerprint density at radius 3 is 2.76 bits per heavy atom. The number of esters is 1. The van der Waals surface area contributed by atoms with E-state index in [1.807, 2.05) is 6.92 Å². The zero-order valence-corrected chi connectivity index (χ0v) is 10.5. The number of ether oxygens (including phenoxy) is 1. The number of nitrogens with zero attached hydrogens (tertiary/aromatic N) is 2. The number of unbranched alkanes of at least 4 members (excludes halogenated alkanes) is 1. The first-order valence-electron chi connectivity index (χ1n) is 5.75. The Labute approximate surface area is 100 Å². The molecule has 0 N–H and O–H groups in total. The van der Waals surface area contributed by atoms with Crippen LogP contribution < -0.4 is 5.69 Å². The van der Waals surface area contributed by atoms with Gasteiger partial charge in [-0.05, 0) is 26.3 Å². The van der Waals surface area contributed by atoms with E-state index in [0.29, 0.717) is 12.3 Å². The van der Waals surface area contributed by atoms with E-state index in [1.165, 1.54) is 4.57 Å². The Hall–Kier alpha value is -1.65. The van der Waals surface area contributed by atoms with Gasteiger partial charge in [-0.15, -0.1) is 0 Å². The quantitative estimate of drug-likeness (QED) is 0.571. The zero-order chi connectivity index (χ0) is 12.8. The van der Waals surface area contributed by atoms with E-state index >= 15 is 0 Å². The number of aromatic nitrogens is 2. The molecule has 0 spiro atoms. The minimum Gasteiger partial charge on any atom is -0.464 e. The summed E-state index contributed by atoms with van der Waals surface area (Å²) in [6.07, 6.45) is 1.81. The topological polar surface area (TPSA) is 61.2 Å². The molecule has 0 radical (unpaired) electrons. The van der Waals surface area contributed by atoms with E-state index in [1.54, 1.807) is 19.9 Å². The Bertz CT molecular complexity index is 452. The molecule has 5 nitrogen and oxygen atoms in total. The van der Waals surface area contributed by atoms with E-state index < -0.39 is 11.7 Å². The van der Waals surface area contributed by atoms with Crippen LogP contribution in [0.15, 0.2) is 10.9 Å². The second kappa shape index (κ2) is 6.18. The summed E-state index contributed by atoms with van der Waals surface area (Å²) in [5.74, 6) is -0.394. The van der Waals surface area contributed by atoms with Crippen molar-refractivity contribution in [3.8, 4) is 0 Å². The van der Waals surface area contributed by atoms with Gasteiger partial charge in [0.1, 0.15) is 6.54 Å². The highest BCUT2D eigenvalue weighted by atomic mass is 16.5. The molecule has 0 saturated carbocycles. The Balaban J connectivity index is 2.69. The molecule has 0 bridgehead atoms. The molecule has 0 unspecified atom stereocenters. The number of hydrogen-bond donors (Lipinski definition) is 0. The van der Waals surface area contributed by atoms with Crippen LogP contribution in [0.2, 0.25) is 0 Å². The van der Waals surface area contributed by atoms with Crippen LogP contribution in [-0.2, 0) is 16.1 Å². The van der Waals surface area contributed by atoms with Crippen LogP contribution in [0, 0.1) is 13.8 Å². The average Bonchev–Trinajstić information content (AvgIpc) is 2.24. The highest BCUT2D eigenvalue weighted by Gasteiger charge is 2.09. The fraction of sp³-hybridized carbons (Fsp3) is 0.583. The van der Waals surface area contributed by atoms with Gasteiger partial charge in [-0.1, -0.05) is 13.3 Å². The van der Waals surface area contributed by atoms with Gasteiger partial charge in [-0.25, -0.2) is 4.79 Å². The normalized spacial score (nSPS) is 10.3. The Morgan fingerprint density at radius 2 is 2.18 bits per heavy atom. The molecule has 0 aromatic carbocycles. The molecule has 5 heteroatoms. The summed E-state index contributed by atoms with van der Waals surface area (Å²) in [6.45, 7) is 5.88. The molecule has 0 saturated heterocycles. The first-order valence-corrected chi connectivity index (χ1v) is 5.75. The van der Waals surface area contributed by atoms with Crippen LogP contribution in [-0.4, -0.2) is 22.1 Å². The maximum absolute atomic E-state index is 11.6. The molecule has 0 atom stereocenters. The number of aryl methyl sites for hydroxylation is 2. The Morgan fingerprint density at radius 1 is 1.47 bits per heavy atom. The van der Waals surface area contributed by atoms with Crippen molar-refractivity contribution in [3.63, 3.8) is 0 Å². The van der Waals surface area contributed by atoms with Gasteiger partial charge in [0.25, 0.3) is 0 Å². The Kier molecular flexibility index (Phi) is 4.87. The monoisotopic (exact) mass is 238 g/mol. The minimum absolute atomic E-state index is 0.0678. The smallest absolute Gasteiger partial charge is 0.348 e. The summed E-state index contributed by atoms with van der Waals surface area (Å²) in [5, 5.41) is 0. The SMILES string of the molecule is CCCCOC(=O)Cn1c(C)cc(C)nc1=O. The molecule has 0 aliphatic heterocycles. The average molecular weight is 238 g/mol. The molecule has 94 valence electrons. The predicted octanol–water partition coefficient (Wildman–Crippen LogP) is 1.20. The van der Waals surface area contributed by atoms with Crippen molar-refractivity contribution in [1.82, 2.24) is 9.55 Å². The second-order valence-corrected chi connectivity index (χ2v) is 3.98. The van der Waals surface area contributed by atoms with E-state index in [0.717, 1.165) is 18.5 Å². The number of carbonyl (C=O) groups excluding carboxylic acids is 1. The maximum atomic E-state index is 11.6. The van der Waals surface area contributed by atoms with Gasteiger partial charge in [0, 0.05) is 11.4 Å². The van der Waals surface area contributed by atoms with Crippen molar-refractivity contribution < 1.29 is 9.53 Å². The highest BCUT2D eigenvalue weighted by Crippen LogP contribution is 1.98. The lowest BCUT2D eigenvalue weighted by Crippen LogP contribution is -2.29. The third kappa shape index (κ3) is 4.01. The standard InChI is InChI=1S/C12H18N2O3/c1-4-5-6-17-11(15)8-14-10(3)7-9(2)13-12(14)16/h7H,4-6,8H2,1-3H3. The lowest BCUT2D eigenvalue weighted by molar-refractivity contribution is -0.144. The number of carbonyl (C=O) groups is 1. The molecule has 0 fully saturated rings. The van der Waals surface area contributed by atoms with Crippen molar-refractivity contribution in [2.45, 2.75) is 40.2 Å². The van der Waals surface area contributed by atoms with Gasteiger partial charge in [0.15, 0.2) is 0 Å². The molecule has 1 aromatic heterocycles. The van der Waals surface area contributed by atoms with Gasteiger partial charge in [-0.3, -0.25) is 9.36 Å². The summed E-state index contributed by atoms with van der Waals surface area (Å²) in [4.78, 5) is 26.8. The van der Waals surface area contributed by atoms with Crippen molar-refractivity contribution in [3.05, 3.63) is 27.9 Å². The lowest BCUT2D eigenvalue weighted by Gasteiger charge is -2.09. The van der Waals surface area contributed by atoms with E-state index in [4.69, 9.17) is 4.74 Å². The largest absolute Gasteiger partial charge is 0.464 e. The number of hydrogen-bond acceptors (Lipinski definition) is 4. The van der Waals surface area contributed by atoms with Crippen molar-refractivity contribution in [2.75, 3.05) is 6.61 Å². The van der Waals surface area contributed by atoms with E-state index in [-0.39, 0.29) is 6.54 Å². The molecule has 0 aliphatic carbocycles. The summed E-state index contributed by atoms with van der Waals surface area (Å²) < 4.78 is 6.32. The highest BCUT2D eigenvalue weighted by molar-refractivity contribution is 5.69. The molecule has 0 amide bonds. The van der Waals surface area contributed by atoms with Crippen molar-refractivity contribution in [1.29, 1.82) is 0 Å². The summed E-state index contributed by atoms with van der Waals surface area (Å²) in [6, 6.07) is 1.76. The van der Waals surface area contributed by atoms with Crippen LogP contribution in [0.4, 0.5) is 0 Å². The summed E-state index contributed by atoms with van der Waals surface area (Å²) in [5.41, 5.74) is 0.966. The van der Waals surface area contributed by atoms with Gasteiger partial charge in [-0.2, -0.15) is 4.98 Å². The molecule has 17 heavy (non-hydrogen) atoms. The third-order valence-electron chi connectivity index (χ3n) is 2.39. The first-order chi connectivity index (χ1) is 8.04. The van der Waals surface area contributed by atoms with Gasteiger partial charge in [0.2, 0.25) is 0 Å². The minimum atomic E-state index is -0.407. The third-order valence-corrected chi connectivity index (χ3v) is 2.39. The predicted molar refractivity (Wildman–Crippen MR) is 63.8 cm³/mol. The van der Waals surface area contributed by atoms with Crippen LogP contribution in [0.1, 0.15) is 31.2 Å². The van der Waals surface area contributed by atoms with Crippen molar-refractivity contribution in [2.24, 2.45) is 0 Å². The van der Waals surface area contributed by atoms with E-state index in [2.05, 4.69) is 4.98 Å². The molecule has 0 aliphatic rings. The molecular weight excluding hydrogens is 220 g/mol. The first kappa shape index (κ1) is 13.4. The lowest BCUT2D eigenvalue weighted by atomic mass is 10.3. The maximum Gasteiger partial charge on any atom is 0.348 e. The van der Waals surface area contributed by atoms with Crippen LogP contribution in [0.5, 0.6) is 0 Å². The fourth-order valence-electron chi connectivity index (χ4n) is 1.47. The van der Waals surface area contributed by atoms with Gasteiger partial charge < -0.3 is 4.74 Å². The van der Waals surface area contributed by atoms with Crippen LogP contribution in [0.3, 0.4) is 0 Å². The molecule has 1 rings (SSSR count). The van der Waals surface area contributed by atoms with Crippen LogP contribution >= 0.6 is 0 Å².